The summed E-state index contributed by atoms with van der Waals surface area (Å²) < 4.78 is 14.1. The van der Waals surface area contributed by atoms with Gasteiger partial charge >= 0.3 is 11.9 Å². The first-order valence-corrected chi connectivity index (χ1v) is 15.4. The van der Waals surface area contributed by atoms with E-state index in [0.717, 1.165) is 11.4 Å². The van der Waals surface area contributed by atoms with Gasteiger partial charge in [0.1, 0.15) is 12.7 Å². The zero-order chi connectivity index (χ0) is 32.8. The maximum atomic E-state index is 12.6. The Hall–Kier alpha value is -4.80. The summed E-state index contributed by atoms with van der Waals surface area (Å²) in [7, 11) is 0. The Morgan fingerprint density at radius 1 is 0.717 bits per heavy atom. The second-order valence-corrected chi connectivity index (χ2v) is 11.6. The van der Waals surface area contributed by atoms with Crippen LogP contribution in [0.5, 0.6) is 0 Å². The molecule has 0 fully saturated rings. The minimum absolute atomic E-state index is 0.00809. The second kappa shape index (κ2) is 14.5. The van der Waals surface area contributed by atoms with Crippen LogP contribution in [0.25, 0.3) is 0 Å². The van der Waals surface area contributed by atoms with Crippen molar-refractivity contribution < 1.29 is 38.9 Å². The van der Waals surface area contributed by atoms with E-state index in [1.54, 1.807) is 50.2 Å². The number of esters is 2. The average Bonchev–Trinajstić information content (AvgIpc) is 3.86. The molecule has 0 bridgehead atoms. The Labute approximate surface area is 267 Å². The number of benzene rings is 2. The van der Waals surface area contributed by atoms with Gasteiger partial charge in [0, 0.05) is 35.6 Å². The van der Waals surface area contributed by atoms with Gasteiger partial charge in [-0.25, -0.2) is 0 Å². The zero-order valence-corrected chi connectivity index (χ0v) is 25.9. The SMILES string of the molecule is CC(CO)OC(=O)C1CCn2c(C(=O)c3ccccc3)ccc21.CC(O)COC(=O)C1CCn2c(C(=O)c3ccccc3)ccc21. The second-order valence-electron chi connectivity index (χ2n) is 11.6. The van der Waals surface area contributed by atoms with Gasteiger partial charge in [0.05, 0.1) is 35.9 Å². The predicted molar refractivity (Wildman–Crippen MR) is 169 cm³/mol. The van der Waals surface area contributed by atoms with E-state index in [1.807, 2.05) is 57.7 Å². The Balaban J connectivity index is 0.000000181. The Bertz CT molecular complexity index is 1690. The molecule has 0 amide bonds. The lowest BCUT2D eigenvalue weighted by atomic mass is 10.1. The van der Waals surface area contributed by atoms with E-state index in [1.165, 1.54) is 0 Å². The van der Waals surface area contributed by atoms with Gasteiger partial charge in [0.25, 0.3) is 0 Å². The van der Waals surface area contributed by atoms with E-state index >= 15 is 0 Å². The van der Waals surface area contributed by atoms with Crippen LogP contribution in [0, 0.1) is 0 Å². The van der Waals surface area contributed by atoms with Crippen molar-refractivity contribution in [2.45, 2.75) is 63.8 Å². The topological polar surface area (TPSA) is 137 Å². The number of ketones is 2. The van der Waals surface area contributed by atoms with Crippen molar-refractivity contribution in [3.63, 3.8) is 0 Å². The highest BCUT2D eigenvalue weighted by Gasteiger charge is 2.34. The molecule has 46 heavy (non-hydrogen) atoms. The molecule has 0 saturated heterocycles. The van der Waals surface area contributed by atoms with Crippen molar-refractivity contribution in [1.82, 2.24) is 9.13 Å². The molecule has 0 aliphatic carbocycles. The highest BCUT2D eigenvalue weighted by Crippen LogP contribution is 2.33. The molecule has 4 aromatic rings. The van der Waals surface area contributed by atoms with Crippen LogP contribution in [0.3, 0.4) is 0 Å². The van der Waals surface area contributed by atoms with Crippen molar-refractivity contribution in [1.29, 1.82) is 0 Å². The fraction of sp³-hybridized carbons (Fsp3) is 0.333. The number of aliphatic hydroxyl groups is 2. The van der Waals surface area contributed by atoms with Gasteiger partial charge in [0.15, 0.2) is 0 Å². The molecule has 10 nitrogen and oxygen atoms in total. The lowest BCUT2D eigenvalue weighted by Crippen LogP contribution is -2.22. The summed E-state index contributed by atoms with van der Waals surface area (Å²) in [5, 5.41) is 18.2. The van der Waals surface area contributed by atoms with E-state index < -0.39 is 12.2 Å². The molecule has 0 saturated carbocycles. The number of hydrogen-bond acceptors (Lipinski definition) is 8. The monoisotopic (exact) mass is 626 g/mol. The lowest BCUT2D eigenvalue weighted by molar-refractivity contribution is -0.152. The minimum Gasteiger partial charge on any atom is -0.462 e. The summed E-state index contributed by atoms with van der Waals surface area (Å²) in [6.07, 6.45) is 0.0332. The number of aliphatic hydroxyl groups excluding tert-OH is 2. The summed E-state index contributed by atoms with van der Waals surface area (Å²) in [5.74, 6) is -1.53. The largest absolute Gasteiger partial charge is 0.462 e. The molecule has 4 unspecified atom stereocenters. The van der Waals surface area contributed by atoms with Gasteiger partial charge in [-0.1, -0.05) is 60.7 Å². The van der Waals surface area contributed by atoms with E-state index in [-0.39, 0.29) is 48.6 Å². The van der Waals surface area contributed by atoms with Crippen LogP contribution < -0.4 is 0 Å². The molecular formula is C36H38N2O8. The average molecular weight is 627 g/mol. The number of fused-ring (bicyclic) bond motifs is 2. The number of nitrogens with zero attached hydrogens (tertiary/aromatic N) is 2. The van der Waals surface area contributed by atoms with Gasteiger partial charge in [-0.2, -0.15) is 0 Å². The molecule has 6 rings (SSSR count). The van der Waals surface area contributed by atoms with Gasteiger partial charge in [-0.15, -0.1) is 0 Å². The zero-order valence-electron chi connectivity index (χ0n) is 25.9. The molecule has 2 N–H and O–H groups in total. The highest BCUT2D eigenvalue weighted by atomic mass is 16.6. The van der Waals surface area contributed by atoms with Crippen LogP contribution in [0.15, 0.2) is 84.9 Å². The Morgan fingerprint density at radius 2 is 1.17 bits per heavy atom. The summed E-state index contributed by atoms with van der Waals surface area (Å²) in [6, 6.07) is 25.4. The summed E-state index contributed by atoms with van der Waals surface area (Å²) in [6.45, 7) is 4.24. The summed E-state index contributed by atoms with van der Waals surface area (Å²) in [5.41, 5.74) is 4.06. The van der Waals surface area contributed by atoms with Gasteiger partial charge in [0.2, 0.25) is 11.6 Å². The first-order chi connectivity index (χ1) is 22.2. The van der Waals surface area contributed by atoms with E-state index in [0.29, 0.717) is 48.4 Å². The van der Waals surface area contributed by atoms with Crippen LogP contribution in [0.1, 0.15) is 82.0 Å². The highest BCUT2D eigenvalue weighted by molar-refractivity contribution is 6.08. The van der Waals surface area contributed by atoms with E-state index in [9.17, 15) is 24.3 Å². The molecule has 4 atom stereocenters. The normalized spacial score (nSPS) is 17.6. The molecule has 2 aliphatic heterocycles. The molecule has 4 heterocycles. The number of hydrogen-bond donors (Lipinski definition) is 2. The smallest absolute Gasteiger partial charge is 0.315 e. The maximum absolute atomic E-state index is 12.6. The first kappa shape index (κ1) is 32.6. The van der Waals surface area contributed by atoms with Gasteiger partial charge in [-0.05, 0) is 51.0 Å². The predicted octanol–water partition coefficient (Wildman–Crippen LogP) is 4.26. The van der Waals surface area contributed by atoms with Crippen molar-refractivity contribution in [3.05, 3.63) is 119 Å². The minimum atomic E-state index is -0.678. The number of carbonyl (C=O) groups excluding carboxylic acids is 4. The van der Waals surface area contributed by atoms with Crippen LogP contribution in [-0.2, 0) is 32.2 Å². The van der Waals surface area contributed by atoms with E-state index in [2.05, 4.69) is 0 Å². The van der Waals surface area contributed by atoms with E-state index in [4.69, 9.17) is 14.6 Å². The fourth-order valence-electron chi connectivity index (χ4n) is 5.86. The molecule has 2 aromatic heterocycles. The number of rotatable bonds is 10. The molecule has 240 valence electrons. The van der Waals surface area contributed by atoms with Crippen LogP contribution in [0.4, 0.5) is 0 Å². The van der Waals surface area contributed by atoms with Crippen molar-refractivity contribution >= 4 is 23.5 Å². The third-order valence-electron chi connectivity index (χ3n) is 8.17. The molecule has 0 spiro atoms. The van der Waals surface area contributed by atoms with Crippen LogP contribution in [-0.4, -0.2) is 68.3 Å². The van der Waals surface area contributed by atoms with Crippen molar-refractivity contribution in [2.24, 2.45) is 0 Å². The third-order valence-corrected chi connectivity index (χ3v) is 8.17. The standard InChI is InChI=1S/2C18H19NO4/c1-12(20)11-23-18(22)14-9-10-19-15(14)7-8-16(19)17(21)13-5-3-2-4-6-13;1-12(11-20)23-18(22)14-9-10-19-15(14)7-8-16(19)17(21)13-5-3-2-4-6-13/h2*2-8,12,14,20H,9-11H2,1H3. The quantitative estimate of drug-likeness (QED) is 0.197. The molecule has 2 aliphatic rings. The number of ether oxygens (including phenoxy) is 2. The Kier molecular flexibility index (Phi) is 10.3. The molecule has 10 heteroatoms. The van der Waals surface area contributed by atoms with Gasteiger partial charge < -0.3 is 28.8 Å². The van der Waals surface area contributed by atoms with Gasteiger partial charge in [-0.3, -0.25) is 19.2 Å². The fourth-order valence-corrected chi connectivity index (χ4v) is 5.86. The van der Waals surface area contributed by atoms with Crippen LogP contribution >= 0.6 is 0 Å². The van der Waals surface area contributed by atoms with Crippen molar-refractivity contribution in [2.75, 3.05) is 13.2 Å². The third kappa shape index (κ3) is 7.03. The molecule has 2 aromatic carbocycles. The number of aromatic nitrogens is 2. The maximum Gasteiger partial charge on any atom is 0.315 e. The summed E-state index contributed by atoms with van der Waals surface area (Å²) in [4.78, 5) is 49.5. The number of carbonyl (C=O) groups is 4. The lowest BCUT2D eigenvalue weighted by Gasteiger charge is -2.14. The molecule has 0 radical (unpaired) electrons. The summed E-state index contributed by atoms with van der Waals surface area (Å²) >= 11 is 0. The molecular weight excluding hydrogens is 588 g/mol. The first-order valence-electron chi connectivity index (χ1n) is 15.4. The Morgan fingerprint density at radius 3 is 1.61 bits per heavy atom. The van der Waals surface area contributed by atoms with Crippen molar-refractivity contribution in [3.8, 4) is 0 Å². The van der Waals surface area contributed by atoms with Crippen LogP contribution in [0.2, 0.25) is 0 Å².